The van der Waals surface area contributed by atoms with Gasteiger partial charge in [-0.2, -0.15) is 5.10 Å². The SMILES string of the molecule is Cn1ncc(I)c1N1C(=O)C2(CC2)c2ccccc21. The van der Waals surface area contributed by atoms with Crippen molar-refractivity contribution in [2.24, 2.45) is 7.05 Å². The van der Waals surface area contributed by atoms with Gasteiger partial charge in [0.1, 0.15) is 0 Å². The quantitative estimate of drug-likeness (QED) is 0.729. The number of aryl methyl sites for hydroxylation is 1. The first-order valence-electron chi connectivity index (χ1n) is 6.27. The highest BCUT2D eigenvalue weighted by atomic mass is 127. The molecule has 1 aliphatic carbocycles. The van der Waals surface area contributed by atoms with E-state index in [1.165, 1.54) is 5.56 Å². The number of hydrogen-bond donors (Lipinski definition) is 0. The Labute approximate surface area is 124 Å². The summed E-state index contributed by atoms with van der Waals surface area (Å²) in [5.74, 6) is 1.08. The highest BCUT2D eigenvalue weighted by Gasteiger charge is 2.59. The van der Waals surface area contributed by atoms with E-state index in [2.05, 4.69) is 33.8 Å². The third-order valence-electron chi connectivity index (χ3n) is 4.10. The fourth-order valence-electron chi connectivity index (χ4n) is 2.99. The normalized spacial score (nSPS) is 19.1. The largest absolute Gasteiger partial charge is 0.273 e. The van der Waals surface area contributed by atoms with E-state index >= 15 is 0 Å². The van der Waals surface area contributed by atoms with Gasteiger partial charge in [0, 0.05) is 7.05 Å². The average Bonchev–Trinajstić information content (AvgIpc) is 3.11. The molecule has 4 nitrogen and oxygen atoms in total. The highest BCUT2D eigenvalue weighted by Crippen LogP contribution is 2.59. The number of benzene rings is 1. The van der Waals surface area contributed by atoms with Gasteiger partial charge >= 0.3 is 0 Å². The monoisotopic (exact) mass is 365 g/mol. The molecule has 1 fully saturated rings. The van der Waals surface area contributed by atoms with Gasteiger partial charge < -0.3 is 0 Å². The van der Waals surface area contributed by atoms with E-state index in [-0.39, 0.29) is 11.3 Å². The molecule has 2 aliphatic rings. The Balaban J connectivity index is 1.98. The van der Waals surface area contributed by atoms with E-state index in [0.29, 0.717) is 0 Å². The molecule has 1 aromatic carbocycles. The maximum absolute atomic E-state index is 12.8. The second kappa shape index (κ2) is 3.59. The molecule has 1 saturated carbocycles. The molecule has 1 amide bonds. The molecule has 2 aromatic rings. The lowest BCUT2D eigenvalue weighted by Crippen LogP contribution is -2.29. The van der Waals surface area contributed by atoms with Gasteiger partial charge in [-0.25, -0.2) is 0 Å². The number of carbonyl (C=O) groups is 1. The highest BCUT2D eigenvalue weighted by molar-refractivity contribution is 14.1. The van der Waals surface area contributed by atoms with Crippen LogP contribution in [0.5, 0.6) is 0 Å². The zero-order valence-corrected chi connectivity index (χ0v) is 12.6. The minimum atomic E-state index is -0.246. The number of nitrogens with zero attached hydrogens (tertiary/aromatic N) is 3. The van der Waals surface area contributed by atoms with Crippen LogP contribution in [0.4, 0.5) is 11.5 Å². The Kier molecular flexibility index (Phi) is 2.17. The van der Waals surface area contributed by atoms with Crippen LogP contribution in [0.3, 0.4) is 0 Å². The molecule has 0 radical (unpaired) electrons. The van der Waals surface area contributed by atoms with Crippen LogP contribution in [0.25, 0.3) is 0 Å². The molecule has 1 aliphatic heterocycles. The zero-order chi connectivity index (χ0) is 13.2. The van der Waals surface area contributed by atoms with Crippen LogP contribution < -0.4 is 4.90 Å². The predicted octanol–water partition coefficient (Wildman–Crippen LogP) is 2.73. The Morgan fingerprint density at radius 3 is 2.68 bits per heavy atom. The van der Waals surface area contributed by atoms with E-state index in [4.69, 9.17) is 0 Å². The van der Waals surface area contributed by atoms with E-state index in [9.17, 15) is 4.79 Å². The van der Waals surface area contributed by atoms with Crippen LogP contribution in [0.2, 0.25) is 0 Å². The van der Waals surface area contributed by atoms with Gasteiger partial charge in [-0.15, -0.1) is 0 Å². The second-order valence-corrected chi connectivity index (χ2v) is 6.34. The summed E-state index contributed by atoms with van der Waals surface area (Å²) in [5.41, 5.74) is 1.95. The topological polar surface area (TPSA) is 38.1 Å². The summed E-state index contributed by atoms with van der Waals surface area (Å²) in [5, 5.41) is 4.25. The van der Waals surface area contributed by atoms with Crippen molar-refractivity contribution in [1.29, 1.82) is 0 Å². The van der Waals surface area contributed by atoms with E-state index in [0.717, 1.165) is 27.9 Å². The molecular formula is C14H12IN3O. The Morgan fingerprint density at radius 1 is 1.32 bits per heavy atom. The first kappa shape index (κ1) is 11.5. The number of hydrogen-bond acceptors (Lipinski definition) is 2. The molecule has 1 aromatic heterocycles. The molecule has 0 saturated heterocycles. The van der Waals surface area contributed by atoms with Gasteiger partial charge in [-0.05, 0) is 47.1 Å². The van der Waals surface area contributed by atoms with Crippen molar-refractivity contribution < 1.29 is 4.79 Å². The molecular weight excluding hydrogens is 353 g/mol. The minimum absolute atomic E-state index is 0.204. The number of anilines is 2. The molecule has 1 spiro atoms. The Hall–Kier alpha value is -1.37. The first-order valence-corrected chi connectivity index (χ1v) is 7.34. The predicted molar refractivity (Wildman–Crippen MR) is 80.4 cm³/mol. The van der Waals surface area contributed by atoms with Gasteiger partial charge in [0.15, 0.2) is 5.82 Å². The van der Waals surface area contributed by atoms with E-state index in [1.54, 1.807) is 10.9 Å². The molecule has 0 atom stereocenters. The summed E-state index contributed by atoms with van der Waals surface area (Å²) < 4.78 is 2.78. The third kappa shape index (κ3) is 1.34. The Morgan fingerprint density at radius 2 is 2.05 bits per heavy atom. The van der Waals surface area contributed by atoms with Crippen molar-refractivity contribution in [3.63, 3.8) is 0 Å². The average molecular weight is 365 g/mol. The van der Waals surface area contributed by atoms with Gasteiger partial charge in [0.05, 0.1) is 20.9 Å². The standard InChI is InChI=1S/C14H12IN3O/c1-17-12(10(15)8-16-17)18-11-5-3-2-4-9(11)14(6-7-14)13(18)19/h2-5,8H,6-7H2,1H3. The van der Waals surface area contributed by atoms with Crippen molar-refractivity contribution >= 4 is 40.0 Å². The summed E-state index contributed by atoms with van der Waals surface area (Å²) in [6.45, 7) is 0. The summed E-state index contributed by atoms with van der Waals surface area (Å²) in [6.07, 6.45) is 3.73. The van der Waals surface area contributed by atoms with Crippen molar-refractivity contribution in [2.75, 3.05) is 4.90 Å². The van der Waals surface area contributed by atoms with Gasteiger partial charge in [0.2, 0.25) is 5.91 Å². The maximum Gasteiger partial charge on any atom is 0.243 e. The van der Waals surface area contributed by atoms with Gasteiger partial charge in [0.25, 0.3) is 0 Å². The maximum atomic E-state index is 12.8. The molecule has 2 heterocycles. The number of fused-ring (bicyclic) bond motifs is 2. The minimum Gasteiger partial charge on any atom is -0.273 e. The van der Waals surface area contributed by atoms with Crippen LogP contribution in [0.15, 0.2) is 30.5 Å². The summed E-state index contributed by atoms with van der Waals surface area (Å²) in [7, 11) is 1.88. The van der Waals surface area contributed by atoms with Gasteiger partial charge in [-0.3, -0.25) is 14.4 Å². The van der Waals surface area contributed by atoms with Crippen LogP contribution in [0.1, 0.15) is 18.4 Å². The van der Waals surface area contributed by atoms with Crippen LogP contribution >= 0.6 is 22.6 Å². The van der Waals surface area contributed by atoms with E-state index in [1.807, 2.05) is 30.1 Å². The number of carbonyl (C=O) groups excluding carboxylic acids is 1. The van der Waals surface area contributed by atoms with Crippen molar-refractivity contribution in [3.8, 4) is 0 Å². The number of rotatable bonds is 1. The molecule has 4 rings (SSSR count). The fourth-order valence-corrected chi connectivity index (χ4v) is 3.70. The lowest BCUT2D eigenvalue weighted by molar-refractivity contribution is -0.119. The van der Waals surface area contributed by atoms with Crippen LogP contribution in [0, 0.1) is 3.57 Å². The summed E-state index contributed by atoms with van der Waals surface area (Å²) in [6, 6.07) is 8.13. The van der Waals surface area contributed by atoms with Crippen LogP contribution in [-0.2, 0) is 17.3 Å². The van der Waals surface area contributed by atoms with Crippen molar-refractivity contribution in [3.05, 3.63) is 39.6 Å². The van der Waals surface area contributed by atoms with Crippen molar-refractivity contribution in [1.82, 2.24) is 9.78 Å². The van der Waals surface area contributed by atoms with E-state index < -0.39 is 0 Å². The van der Waals surface area contributed by atoms with Crippen LogP contribution in [-0.4, -0.2) is 15.7 Å². The zero-order valence-electron chi connectivity index (χ0n) is 10.4. The Bertz CT molecular complexity index is 683. The first-order chi connectivity index (χ1) is 9.15. The summed E-state index contributed by atoms with van der Waals surface area (Å²) >= 11 is 2.23. The lowest BCUT2D eigenvalue weighted by atomic mass is 9.98. The number of aromatic nitrogens is 2. The molecule has 96 valence electrons. The van der Waals surface area contributed by atoms with Gasteiger partial charge in [-0.1, -0.05) is 18.2 Å². The molecule has 0 bridgehead atoms. The lowest BCUT2D eigenvalue weighted by Gasteiger charge is -2.18. The number of halogens is 1. The number of amides is 1. The molecule has 5 heteroatoms. The second-order valence-electron chi connectivity index (χ2n) is 5.18. The smallest absolute Gasteiger partial charge is 0.243 e. The summed E-state index contributed by atoms with van der Waals surface area (Å²) in [4.78, 5) is 14.7. The molecule has 19 heavy (non-hydrogen) atoms. The fraction of sp³-hybridized carbons (Fsp3) is 0.286. The molecule has 0 unspecified atom stereocenters. The van der Waals surface area contributed by atoms with Crippen molar-refractivity contribution in [2.45, 2.75) is 18.3 Å². The number of para-hydroxylation sites is 1. The third-order valence-corrected chi connectivity index (χ3v) is 4.86. The molecule has 0 N–H and O–H groups in total.